The monoisotopic (exact) mass is 450 g/mol. The van der Waals surface area contributed by atoms with Crippen molar-refractivity contribution >= 4 is 16.6 Å². The lowest BCUT2D eigenvalue weighted by Crippen LogP contribution is -2.01. The molecule has 0 atom stereocenters. The van der Waals surface area contributed by atoms with Crippen molar-refractivity contribution < 1.29 is 4.79 Å². The number of carbonyl (C=O) groups is 1. The van der Waals surface area contributed by atoms with E-state index in [1.165, 1.54) is 5.39 Å². The molecular formula is C32H22N2O. The topological polar surface area (TPSA) is 45.8 Å². The van der Waals surface area contributed by atoms with Crippen LogP contribution in [0.1, 0.15) is 15.9 Å². The number of aromatic nitrogens is 2. The number of hydrogen-bond acceptors (Lipinski definition) is 2. The molecule has 5 aromatic carbocycles. The molecule has 1 heterocycles. The minimum atomic E-state index is -0.00137. The predicted octanol–water partition coefficient (Wildman–Crippen LogP) is 7.79. The van der Waals surface area contributed by atoms with Crippen molar-refractivity contribution in [3.05, 3.63) is 139 Å². The van der Waals surface area contributed by atoms with E-state index in [2.05, 4.69) is 47.4 Å². The Morgan fingerprint density at radius 1 is 0.600 bits per heavy atom. The van der Waals surface area contributed by atoms with Crippen molar-refractivity contribution in [1.82, 2.24) is 9.97 Å². The van der Waals surface area contributed by atoms with E-state index >= 15 is 0 Å². The molecule has 166 valence electrons. The number of nitrogens with zero attached hydrogens (tertiary/aromatic N) is 1. The van der Waals surface area contributed by atoms with Crippen LogP contribution in [-0.2, 0) is 0 Å². The van der Waals surface area contributed by atoms with Gasteiger partial charge < -0.3 is 4.98 Å². The number of benzene rings is 5. The van der Waals surface area contributed by atoms with E-state index in [-0.39, 0.29) is 5.78 Å². The van der Waals surface area contributed by atoms with Gasteiger partial charge in [-0.2, -0.15) is 0 Å². The lowest BCUT2D eigenvalue weighted by Gasteiger charge is -2.06. The molecule has 1 aromatic heterocycles. The summed E-state index contributed by atoms with van der Waals surface area (Å²) >= 11 is 0. The second kappa shape index (κ2) is 8.88. The summed E-state index contributed by atoms with van der Waals surface area (Å²) in [6.45, 7) is 0. The number of H-pyrrole nitrogens is 1. The van der Waals surface area contributed by atoms with Crippen LogP contribution >= 0.6 is 0 Å². The lowest BCUT2D eigenvalue weighted by atomic mass is 9.99. The van der Waals surface area contributed by atoms with Gasteiger partial charge in [0.2, 0.25) is 0 Å². The zero-order valence-electron chi connectivity index (χ0n) is 19.0. The molecule has 0 aliphatic heterocycles. The van der Waals surface area contributed by atoms with Crippen LogP contribution in [-0.4, -0.2) is 15.8 Å². The first kappa shape index (κ1) is 20.8. The molecule has 0 bridgehead atoms. The summed E-state index contributed by atoms with van der Waals surface area (Å²) in [6, 6.07) is 41.9. The SMILES string of the molecule is O=C(c1ccccc1)c1cccc(-c2nc(-c3cccc4ccccc34)[nH]c2-c2ccccc2)c1. The highest BCUT2D eigenvalue weighted by Gasteiger charge is 2.18. The zero-order chi connectivity index (χ0) is 23.6. The number of nitrogens with one attached hydrogen (secondary N) is 1. The van der Waals surface area contributed by atoms with Gasteiger partial charge in [0.1, 0.15) is 5.82 Å². The molecule has 0 saturated heterocycles. The smallest absolute Gasteiger partial charge is 0.193 e. The Morgan fingerprint density at radius 3 is 2.06 bits per heavy atom. The van der Waals surface area contributed by atoms with Crippen LogP contribution in [0.5, 0.6) is 0 Å². The average Bonchev–Trinajstić information content (AvgIpc) is 3.39. The molecule has 0 unspecified atom stereocenters. The highest BCUT2D eigenvalue weighted by atomic mass is 16.1. The Morgan fingerprint density at radius 2 is 1.23 bits per heavy atom. The van der Waals surface area contributed by atoms with Crippen LogP contribution in [0.3, 0.4) is 0 Å². The number of fused-ring (bicyclic) bond motifs is 1. The van der Waals surface area contributed by atoms with Crippen molar-refractivity contribution in [1.29, 1.82) is 0 Å². The van der Waals surface area contributed by atoms with Gasteiger partial charge in [0, 0.05) is 27.8 Å². The van der Waals surface area contributed by atoms with E-state index in [1.807, 2.05) is 84.9 Å². The van der Waals surface area contributed by atoms with Crippen molar-refractivity contribution in [2.45, 2.75) is 0 Å². The minimum Gasteiger partial charge on any atom is -0.337 e. The Labute approximate surface area is 203 Å². The maximum Gasteiger partial charge on any atom is 0.193 e. The van der Waals surface area contributed by atoms with Gasteiger partial charge in [0.05, 0.1) is 11.4 Å². The summed E-state index contributed by atoms with van der Waals surface area (Å²) < 4.78 is 0. The summed E-state index contributed by atoms with van der Waals surface area (Å²) in [4.78, 5) is 21.8. The maximum atomic E-state index is 13.1. The highest BCUT2D eigenvalue weighted by Crippen LogP contribution is 2.35. The van der Waals surface area contributed by atoms with Crippen molar-refractivity contribution in [3.8, 4) is 33.9 Å². The van der Waals surface area contributed by atoms with Crippen LogP contribution in [0.4, 0.5) is 0 Å². The van der Waals surface area contributed by atoms with Crippen LogP contribution in [0.25, 0.3) is 44.7 Å². The van der Waals surface area contributed by atoms with E-state index in [0.717, 1.165) is 39.3 Å². The van der Waals surface area contributed by atoms with Crippen molar-refractivity contribution in [2.24, 2.45) is 0 Å². The second-order valence-electron chi connectivity index (χ2n) is 8.48. The molecule has 0 saturated carbocycles. The fourth-order valence-electron chi connectivity index (χ4n) is 4.52. The fourth-order valence-corrected chi connectivity index (χ4v) is 4.52. The second-order valence-corrected chi connectivity index (χ2v) is 8.48. The van der Waals surface area contributed by atoms with E-state index in [4.69, 9.17) is 4.98 Å². The molecule has 1 N–H and O–H groups in total. The molecule has 0 fully saturated rings. The Bertz CT molecular complexity index is 1640. The maximum absolute atomic E-state index is 13.1. The standard InChI is InChI=1S/C32H22N2O/c35-31(24-14-5-2-6-15-24)26-18-9-17-25(21-26)30-29(23-12-3-1-4-13-23)33-32(34-30)28-20-10-16-22-11-7-8-19-27(22)28/h1-21H,(H,33,34). The van der Waals surface area contributed by atoms with Crippen LogP contribution in [0.2, 0.25) is 0 Å². The third kappa shape index (κ3) is 3.94. The molecule has 35 heavy (non-hydrogen) atoms. The Balaban J connectivity index is 1.52. The number of aromatic amines is 1. The lowest BCUT2D eigenvalue weighted by molar-refractivity contribution is 0.103. The van der Waals surface area contributed by atoms with E-state index in [9.17, 15) is 4.79 Å². The molecule has 0 aliphatic carbocycles. The molecule has 0 spiro atoms. The van der Waals surface area contributed by atoms with E-state index in [1.54, 1.807) is 0 Å². The van der Waals surface area contributed by atoms with Gasteiger partial charge >= 0.3 is 0 Å². The molecule has 0 aliphatic rings. The van der Waals surface area contributed by atoms with E-state index in [0.29, 0.717) is 11.1 Å². The summed E-state index contributed by atoms with van der Waals surface area (Å²) in [5.41, 5.74) is 6.05. The molecule has 0 amide bonds. The van der Waals surface area contributed by atoms with Gasteiger partial charge in [-0.3, -0.25) is 4.79 Å². The van der Waals surface area contributed by atoms with Crippen LogP contribution < -0.4 is 0 Å². The Hall–Kier alpha value is -4.76. The summed E-state index contributed by atoms with van der Waals surface area (Å²) in [5, 5.41) is 2.31. The largest absolute Gasteiger partial charge is 0.337 e. The summed E-state index contributed by atoms with van der Waals surface area (Å²) in [5.74, 6) is 0.800. The summed E-state index contributed by atoms with van der Waals surface area (Å²) in [6.07, 6.45) is 0. The van der Waals surface area contributed by atoms with Crippen molar-refractivity contribution in [3.63, 3.8) is 0 Å². The fraction of sp³-hybridized carbons (Fsp3) is 0. The number of rotatable bonds is 5. The van der Waals surface area contributed by atoms with Gasteiger partial charge in [-0.15, -0.1) is 0 Å². The molecular weight excluding hydrogens is 428 g/mol. The number of hydrogen-bond donors (Lipinski definition) is 1. The zero-order valence-corrected chi connectivity index (χ0v) is 19.0. The van der Waals surface area contributed by atoms with Gasteiger partial charge in [-0.1, -0.05) is 121 Å². The summed E-state index contributed by atoms with van der Waals surface area (Å²) in [7, 11) is 0. The molecule has 6 rings (SSSR count). The number of imidazole rings is 1. The number of ketones is 1. The molecule has 6 aromatic rings. The predicted molar refractivity (Wildman–Crippen MR) is 142 cm³/mol. The third-order valence-electron chi connectivity index (χ3n) is 6.25. The van der Waals surface area contributed by atoms with Gasteiger partial charge in [-0.05, 0) is 16.8 Å². The first-order valence-electron chi connectivity index (χ1n) is 11.6. The quantitative estimate of drug-likeness (QED) is 0.272. The van der Waals surface area contributed by atoms with Crippen molar-refractivity contribution in [2.75, 3.05) is 0 Å². The van der Waals surface area contributed by atoms with Crippen LogP contribution in [0.15, 0.2) is 127 Å². The molecule has 3 nitrogen and oxygen atoms in total. The average molecular weight is 451 g/mol. The van der Waals surface area contributed by atoms with Gasteiger partial charge in [0.15, 0.2) is 5.78 Å². The molecule has 0 radical (unpaired) electrons. The Kier molecular flexibility index (Phi) is 5.28. The van der Waals surface area contributed by atoms with E-state index < -0.39 is 0 Å². The van der Waals surface area contributed by atoms with Gasteiger partial charge in [-0.25, -0.2) is 4.98 Å². The normalized spacial score (nSPS) is 11.0. The number of carbonyl (C=O) groups excluding carboxylic acids is 1. The van der Waals surface area contributed by atoms with Gasteiger partial charge in [0.25, 0.3) is 0 Å². The third-order valence-corrected chi connectivity index (χ3v) is 6.25. The molecule has 3 heteroatoms. The highest BCUT2D eigenvalue weighted by molar-refractivity contribution is 6.09. The first-order valence-corrected chi connectivity index (χ1v) is 11.6. The van der Waals surface area contributed by atoms with Crippen LogP contribution in [0, 0.1) is 0 Å². The first-order chi connectivity index (χ1) is 17.3. The minimum absolute atomic E-state index is 0.00137.